The second-order valence-corrected chi connectivity index (χ2v) is 9.68. The number of amides is 2. The minimum Gasteiger partial charge on any atom is -0.322 e. The van der Waals surface area contributed by atoms with E-state index in [4.69, 9.17) is 0 Å². The van der Waals surface area contributed by atoms with Gasteiger partial charge in [0.1, 0.15) is 5.54 Å². The number of nitrogens with zero attached hydrogens (tertiary/aromatic N) is 1. The first kappa shape index (κ1) is 31.4. The van der Waals surface area contributed by atoms with Crippen LogP contribution < -0.4 is 10.6 Å². The summed E-state index contributed by atoms with van der Waals surface area (Å²) in [4.78, 5) is 17.3. The number of carbonyl (C=O) groups is 1. The molecule has 43 heavy (non-hydrogen) atoms. The number of alkyl halides is 9. The average molecular weight is 612 g/mol. The largest absolute Gasteiger partial charge is 0.417 e. The van der Waals surface area contributed by atoms with Gasteiger partial charge in [-0.3, -0.25) is 4.98 Å². The number of halogens is 9. The van der Waals surface area contributed by atoms with Crippen LogP contribution in [-0.4, -0.2) is 11.0 Å². The molecule has 0 saturated heterocycles. The van der Waals surface area contributed by atoms with E-state index in [9.17, 15) is 44.3 Å². The van der Waals surface area contributed by atoms with Gasteiger partial charge in [-0.1, -0.05) is 48.5 Å². The van der Waals surface area contributed by atoms with Gasteiger partial charge in [-0.15, -0.1) is 0 Å². The number of carbonyl (C=O) groups excluding carboxylic acids is 1. The summed E-state index contributed by atoms with van der Waals surface area (Å²) in [5, 5.41) is 4.79. The fraction of sp³-hybridized carbons (Fsp3) is 0.200. The van der Waals surface area contributed by atoms with E-state index in [1.807, 2.05) is 0 Å². The maximum absolute atomic E-state index is 13.8. The molecule has 4 rings (SSSR count). The Hall–Kier alpha value is -4.55. The van der Waals surface area contributed by atoms with Gasteiger partial charge in [-0.2, -0.15) is 39.5 Å². The van der Waals surface area contributed by atoms with Crippen LogP contribution >= 0.6 is 0 Å². The number of rotatable bonds is 6. The summed E-state index contributed by atoms with van der Waals surface area (Å²) in [6.07, 6.45) is -14.1. The maximum Gasteiger partial charge on any atom is 0.417 e. The van der Waals surface area contributed by atoms with E-state index in [1.165, 1.54) is 19.1 Å². The second kappa shape index (κ2) is 11.6. The number of pyridine rings is 1. The van der Waals surface area contributed by atoms with Gasteiger partial charge in [0.25, 0.3) is 0 Å². The van der Waals surface area contributed by atoms with Crippen LogP contribution in [-0.2, 0) is 30.5 Å². The summed E-state index contributed by atoms with van der Waals surface area (Å²) in [5.74, 6) is 0. The Kier molecular flexibility index (Phi) is 8.48. The number of anilines is 1. The molecule has 0 bridgehead atoms. The zero-order chi connectivity index (χ0) is 31.6. The quantitative estimate of drug-likeness (QED) is 0.214. The number of nitrogens with one attached hydrogen (secondary N) is 2. The van der Waals surface area contributed by atoms with Crippen LogP contribution in [0.3, 0.4) is 0 Å². The molecule has 0 aliphatic carbocycles. The molecule has 0 spiro atoms. The number of aryl methyl sites for hydroxylation is 1. The van der Waals surface area contributed by atoms with E-state index >= 15 is 0 Å². The Morgan fingerprint density at radius 2 is 1.35 bits per heavy atom. The van der Waals surface area contributed by atoms with Crippen LogP contribution in [0.4, 0.5) is 50.0 Å². The van der Waals surface area contributed by atoms with Crippen LogP contribution in [0.25, 0.3) is 0 Å². The summed E-state index contributed by atoms with van der Waals surface area (Å²) in [7, 11) is 0. The van der Waals surface area contributed by atoms with Gasteiger partial charge in [-0.05, 0) is 60.0 Å². The molecule has 13 heteroatoms. The highest BCUT2D eigenvalue weighted by molar-refractivity contribution is 5.90. The topological polar surface area (TPSA) is 54.0 Å². The predicted octanol–water partition coefficient (Wildman–Crippen LogP) is 8.75. The molecule has 1 unspecified atom stereocenters. The first-order valence-electron chi connectivity index (χ1n) is 12.5. The molecular formula is C30H22F9N3O. The third kappa shape index (κ3) is 7.27. The lowest BCUT2D eigenvalue weighted by molar-refractivity contribution is -0.138. The molecule has 0 saturated carbocycles. The first-order valence-corrected chi connectivity index (χ1v) is 12.5. The number of urea groups is 1. The summed E-state index contributed by atoms with van der Waals surface area (Å²) >= 11 is 0. The second-order valence-electron chi connectivity index (χ2n) is 9.68. The van der Waals surface area contributed by atoms with Crippen molar-refractivity contribution < 1.29 is 44.3 Å². The first-order chi connectivity index (χ1) is 20.0. The van der Waals surface area contributed by atoms with Crippen LogP contribution in [0.5, 0.6) is 0 Å². The van der Waals surface area contributed by atoms with Gasteiger partial charge >= 0.3 is 24.6 Å². The Labute approximate surface area is 239 Å². The van der Waals surface area contributed by atoms with Crippen LogP contribution in [0, 0.1) is 6.92 Å². The molecule has 0 fully saturated rings. The molecule has 0 radical (unpaired) electrons. The molecule has 4 nitrogen and oxygen atoms in total. The number of hydrogen-bond acceptors (Lipinski definition) is 2. The van der Waals surface area contributed by atoms with E-state index < -0.39 is 46.8 Å². The molecule has 1 atom stereocenters. The lowest BCUT2D eigenvalue weighted by atomic mass is 9.79. The van der Waals surface area contributed by atoms with Gasteiger partial charge in [0, 0.05) is 18.3 Å². The van der Waals surface area contributed by atoms with Crippen molar-refractivity contribution in [3.8, 4) is 0 Å². The van der Waals surface area contributed by atoms with Crippen LogP contribution in [0.1, 0.15) is 39.1 Å². The highest BCUT2D eigenvalue weighted by Crippen LogP contribution is 2.38. The standard InChI is InChI=1S/C30H22F9N3O/c1-18-10-12-23(15-24(18)30(37,38)39)41-26(43)42-27(16-19-6-3-2-4-7-19,20-8-5-9-21(14-20)28(31,32)33)25-13-11-22(17-40-25)29(34,35)36/h2-15,17H,16H2,1H3,(H2,41,42,43). The predicted molar refractivity (Wildman–Crippen MR) is 140 cm³/mol. The third-order valence-electron chi connectivity index (χ3n) is 6.65. The van der Waals surface area contributed by atoms with E-state index in [0.717, 1.165) is 30.3 Å². The van der Waals surface area contributed by atoms with Gasteiger partial charge in [0.15, 0.2) is 0 Å². The fourth-order valence-electron chi connectivity index (χ4n) is 4.56. The van der Waals surface area contributed by atoms with E-state index in [0.29, 0.717) is 23.9 Å². The fourth-order valence-corrected chi connectivity index (χ4v) is 4.56. The molecule has 0 aliphatic rings. The van der Waals surface area contributed by atoms with Crippen molar-refractivity contribution in [1.29, 1.82) is 0 Å². The monoisotopic (exact) mass is 611 g/mol. The van der Waals surface area contributed by atoms with E-state index in [1.54, 1.807) is 30.3 Å². The van der Waals surface area contributed by atoms with E-state index in [2.05, 4.69) is 15.6 Å². The SMILES string of the molecule is Cc1ccc(NC(=O)NC(Cc2ccccc2)(c2cccc(C(F)(F)F)c2)c2ccc(C(F)(F)F)cn2)cc1C(F)(F)F. The van der Waals surface area contributed by atoms with Crippen LogP contribution in [0.2, 0.25) is 0 Å². The summed E-state index contributed by atoms with van der Waals surface area (Å²) in [5.41, 5.74) is -5.67. The van der Waals surface area contributed by atoms with Crippen molar-refractivity contribution in [2.75, 3.05) is 5.32 Å². The van der Waals surface area contributed by atoms with Crippen molar-refractivity contribution in [2.24, 2.45) is 0 Å². The molecule has 1 heterocycles. The van der Waals surface area contributed by atoms with Gasteiger partial charge in [0.05, 0.1) is 22.4 Å². The molecule has 2 N–H and O–H groups in total. The number of hydrogen-bond donors (Lipinski definition) is 2. The molecule has 3 aromatic carbocycles. The summed E-state index contributed by atoms with van der Waals surface area (Å²) in [6.45, 7) is 1.22. The average Bonchev–Trinajstić information content (AvgIpc) is 2.93. The minimum absolute atomic E-state index is 0.116. The summed E-state index contributed by atoms with van der Waals surface area (Å²) < 4.78 is 122. The molecule has 1 aromatic heterocycles. The normalized spacial score (nSPS) is 13.7. The van der Waals surface area contributed by atoms with Gasteiger partial charge in [-0.25, -0.2) is 4.79 Å². The number of benzene rings is 3. The summed E-state index contributed by atoms with van der Waals surface area (Å²) in [6, 6.07) is 15.3. The van der Waals surface area contributed by atoms with Crippen molar-refractivity contribution in [2.45, 2.75) is 37.4 Å². The molecule has 4 aromatic rings. The Bertz CT molecular complexity index is 1580. The molecular weight excluding hydrogens is 589 g/mol. The minimum atomic E-state index is -4.82. The molecule has 2 amide bonds. The van der Waals surface area contributed by atoms with Crippen molar-refractivity contribution >= 4 is 11.7 Å². The lowest BCUT2D eigenvalue weighted by Gasteiger charge is -2.36. The van der Waals surface area contributed by atoms with E-state index in [-0.39, 0.29) is 28.9 Å². The third-order valence-corrected chi connectivity index (χ3v) is 6.65. The van der Waals surface area contributed by atoms with Gasteiger partial charge in [0.2, 0.25) is 0 Å². The Morgan fingerprint density at radius 1 is 0.698 bits per heavy atom. The van der Waals surface area contributed by atoms with Crippen molar-refractivity contribution in [1.82, 2.24) is 10.3 Å². The highest BCUT2D eigenvalue weighted by atomic mass is 19.4. The van der Waals surface area contributed by atoms with Gasteiger partial charge < -0.3 is 10.6 Å². The van der Waals surface area contributed by atoms with Crippen molar-refractivity contribution in [3.05, 3.63) is 130 Å². The molecule has 226 valence electrons. The zero-order valence-corrected chi connectivity index (χ0v) is 22.1. The smallest absolute Gasteiger partial charge is 0.322 e. The van der Waals surface area contributed by atoms with Crippen molar-refractivity contribution in [3.63, 3.8) is 0 Å². The molecule has 0 aliphatic heterocycles. The Balaban J connectivity index is 1.88. The van der Waals surface area contributed by atoms with Crippen LogP contribution in [0.15, 0.2) is 91.1 Å². The highest BCUT2D eigenvalue weighted by Gasteiger charge is 2.41. The Morgan fingerprint density at radius 3 is 1.93 bits per heavy atom. The zero-order valence-electron chi connectivity index (χ0n) is 22.1. The lowest BCUT2D eigenvalue weighted by Crippen LogP contribution is -2.50. The number of aromatic nitrogens is 1. The maximum atomic E-state index is 13.8.